The fourth-order valence-corrected chi connectivity index (χ4v) is 3.29. The Kier molecular flexibility index (Phi) is 9.63. The van der Waals surface area contributed by atoms with E-state index in [1.165, 1.54) is 0 Å². The number of hydrogen-bond donors (Lipinski definition) is 2. The molecule has 0 spiro atoms. The van der Waals surface area contributed by atoms with Crippen LogP contribution in [0.3, 0.4) is 0 Å². The summed E-state index contributed by atoms with van der Waals surface area (Å²) in [7, 11) is 0. The van der Waals surface area contributed by atoms with Crippen LogP contribution in [0.4, 0.5) is 0 Å². The first-order valence-electron chi connectivity index (χ1n) is 9.11. The smallest absolute Gasteiger partial charge is 0.225 e. The molecule has 2 rings (SSSR count). The van der Waals surface area contributed by atoms with Gasteiger partial charge >= 0.3 is 0 Å². The Bertz CT molecular complexity index is 402. The number of likely N-dealkylation sites (tertiary alicyclic amines) is 1. The summed E-state index contributed by atoms with van der Waals surface area (Å²) in [4.78, 5) is 28.9. The van der Waals surface area contributed by atoms with Crippen LogP contribution >= 0.6 is 12.4 Å². The van der Waals surface area contributed by atoms with Crippen molar-refractivity contribution >= 4 is 24.2 Å². The van der Waals surface area contributed by atoms with E-state index in [0.717, 1.165) is 58.5 Å². The molecule has 0 aliphatic carbocycles. The van der Waals surface area contributed by atoms with Crippen molar-refractivity contribution in [3.63, 3.8) is 0 Å². The third kappa shape index (κ3) is 6.22. The standard InChI is InChI=1S/C17H32N4O2.ClH/c1-3-14(2)17(23)21-9-4-5-15(13-21)16(22)19-8-12-20-10-6-18-7-11-20;/h14-15,18H,3-13H2,1-2H3,(H,19,22);1H. The molecule has 2 unspecified atom stereocenters. The fourth-order valence-electron chi connectivity index (χ4n) is 3.29. The van der Waals surface area contributed by atoms with Crippen molar-refractivity contribution in [2.45, 2.75) is 33.1 Å². The molecule has 2 amide bonds. The molecule has 140 valence electrons. The number of rotatable bonds is 6. The molecule has 2 aliphatic rings. The summed E-state index contributed by atoms with van der Waals surface area (Å²) >= 11 is 0. The Balaban J connectivity index is 0.00000288. The van der Waals surface area contributed by atoms with Crippen LogP contribution in [-0.4, -0.2) is 74.0 Å². The van der Waals surface area contributed by atoms with Gasteiger partial charge < -0.3 is 15.5 Å². The monoisotopic (exact) mass is 360 g/mol. The average molecular weight is 361 g/mol. The molecule has 2 saturated heterocycles. The van der Waals surface area contributed by atoms with Gasteiger partial charge in [0.2, 0.25) is 11.8 Å². The zero-order chi connectivity index (χ0) is 16.7. The minimum absolute atomic E-state index is 0. The summed E-state index contributed by atoms with van der Waals surface area (Å²) in [6, 6.07) is 0. The van der Waals surface area contributed by atoms with Gasteiger partial charge in [-0.15, -0.1) is 12.4 Å². The lowest BCUT2D eigenvalue weighted by atomic mass is 9.95. The molecule has 7 heteroatoms. The highest BCUT2D eigenvalue weighted by Crippen LogP contribution is 2.19. The lowest BCUT2D eigenvalue weighted by molar-refractivity contribution is -0.138. The van der Waals surface area contributed by atoms with E-state index in [1.54, 1.807) is 0 Å². The summed E-state index contributed by atoms with van der Waals surface area (Å²) in [5.41, 5.74) is 0. The van der Waals surface area contributed by atoms with Crippen molar-refractivity contribution in [3.05, 3.63) is 0 Å². The molecule has 2 N–H and O–H groups in total. The van der Waals surface area contributed by atoms with Crippen LogP contribution in [0.5, 0.6) is 0 Å². The second-order valence-corrected chi connectivity index (χ2v) is 6.82. The van der Waals surface area contributed by atoms with E-state index < -0.39 is 0 Å². The van der Waals surface area contributed by atoms with Crippen LogP contribution in [0, 0.1) is 11.8 Å². The molecule has 2 heterocycles. The second kappa shape index (κ2) is 10.9. The van der Waals surface area contributed by atoms with Gasteiger partial charge in [-0.3, -0.25) is 14.5 Å². The van der Waals surface area contributed by atoms with E-state index in [2.05, 4.69) is 15.5 Å². The third-order valence-corrected chi connectivity index (χ3v) is 5.07. The average Bonchev–Trinajstić information content (AvgIpc) is 2.61. The molecule has 2 aliphatic heterocycles. The molecule has 0 aromatic rings. The molecule has 0 aromatic heterocycles. The van der Waals surface area contributed by atoms with E-state index in [4.69, 9.17) is 0 Å². The molecule has 6 nitrogen and oxygen atoms in total. The predicted molar refractivity (Wildman–Crippen MR) is 98.3 cm³/mol. The molecule has 0 bridgehead atoms. The van der Waals surface area contributed by atoms with E-state index >= 15 is 0 Å². The van der Waals surface area contributed by atoms with E-state index in [9.17, 15) is 9.59 Å². The lowest BCUT2D eigenvalue weighted by Crippen LogP contribution is -2.49. The second-order valence-electron chi connectivity index (χ2n) is 6.82. The summed E-state index contributed by atoms with van der Waals surface area (Å²) in [6.07, 6.45) is 2.68. The summed E-state index contributed by atoms with van der Waals surface area (Å²) in [5.74, 6) is 0.330. The lowest BCUT2D eigenvalue weighted by Gasteiger charge is -2.34. The Labute approximate surface area is 152 Å². The summed E-state index contributed by atoms with van der Waals surface area (Å²) in [5, 5.41) is 6.39. The molecule has 0 aromatic carbocycles. The van der Waals surface area contributed by atoms with Crippen molar-refractivity contribution < 1.29 is 9.59 Å². The van der Waals surface area contributed by atoms with Crippen LogP contribution in [0.2, 0.25) is 0 Å². The van der Waals surface area contributed by atoms with Crippen molar-refractivity contribution in [3.8, 4) is 0 Å². The van der Waals surface area contributed by atoms with Gasteiger partial charge in [-0.05, 0) is 19.3 Å². The number of nitrogens with one attached hydrogen (secondary N) is 2. The van der Waals surface area contributed by atoms with Gasteiger partial charge in [0.1, 0.15) is 0 Å². The number of piperazine rings is 1. The van der Waals surface area contributed by atoms with E-state index in [0.29, 0.717) is 13.1 Å². The number of halogens is 1. The number of nitrogens with zero attached hydrogens (tertiary/aromatic N) is 2. The highest BCUT2D eigenvalue weighted by Gasteiger charge is 2.29. The van der Waals surface area contributed by atoms with Crippen molar-refractivity contribution in [2.75, 3.05) is 52.4 Å². The van der Waals surface area contributed by atoms with Crippen LogP contribution in [0.1, 0.15) is 33.1 Å². The van der Waals surface area contributed by atoms with Crippen molar-refractivity contribution in [2.24, 2.45) is 11.8 Å². The van der Waals surface area contributed by atoms with Crippen LogP contribution < -0.4 is 10.6 Å². The first-order valence-corrected chi connectivity index (χ1v) is 9.11. The Morgan fingerprint density at radius 1 is 1.25 bits per heavy atom. The topological polar surface area (TPSA) is 64.7 Å². The maximum absolute atomic E-state index is 12.4. The molecular formula is C17H33ClN4O2. The van der Waals surface area contributed by atoms with Gasteiger partial charge in [-0.25, -0.2) is 0 Å². The van der Waals surface area contributed by atoms with Gasteiger partial charge in [0.15, 0.2) is 0 Å². The quantitative estimate of drug-likeness (QED) is 0.732. The molecule has 0 saturated carbocycles. The van der Waals surface area contributed by atoms with Crippen molar-refractivity contribution in [1.82, 2.24) is 20.4 Å². The Hall–Kier alpha value is -0.850. The van der Waals surface area contributed by atoms with Gasteiger partial charge in [0.05, 0.1) is 5.92 Å². The van der Waals surface area contributed by atoms with E-state index in [-0.39, 0.29) is 36.1 Å². The van der Waals surface area contributed by atoms with E-state index in [1.807, 2.05) is 18.7 Å². The zero-order valence-corrected chi connectivity index (χ0v) is 15.9. The van der Waals surface area contributed by atoms with Crippen LogP contribution in [-0.2, 0) is 9.59 Å². The first kappa shape index (κ1) is 21.2. The van der Waals surface area contributed by atoms with Gasteiger partial charge in [-0.2, -0.15) is 0 Å². The number of piperidine rings is 1. The van der Waals surface area contributed by atoms with Crippen LogP contribution in [0.15, 0.2) is 0 Å². The highest BCUT2D eigenvalue weighted by atomic mass is 35.5. The molecule has 24 heavy (non-hydrogen) atoms. The Morgan fingerprint density at radius 2 is 1.96 bits per heavy atom. The fraction of sp³-hybridized carbons (Fsp3) is 0.882. The first-order chi connectivity index (χ1) is 11.1. The molecule has 2 atom stereocenters. The van der Waals surface area contributed by atoms with Gasteiger partial charge in [-0.1, -0.05) is 13.8 Å². The highest BCUT2D eigenvalue weighted by molar-refractivity contribution is 5.85. The minimum atomic E-state index is -0.0419. The normalized spacial score (nSPS) is 23.2. The van der Waals surface area contributed by atoms with Gasteiger partial charge in [0.25, 0.3) is 0 Å². The minimum Gasteiger partial charge on any atom is -0.355 e. The Morgan fingerprint density at radius 3 is 2.62 bits per heavy atom. The summed E-state index contributed by atoms with van der Waals surface area (Å²) in [6.45, 7) is 11.2. The zero-order valence-electron chi connectivity index (χ0n) is 15.1. The van der Waals surface area contributed by atoms with Gasteiger partial charge in [0, 0.05) is 58.3 Å². The third-order valence-electron chi connectivity index (χ3n) is 5.07. The maximum atomic E-state index is 12.4. The summed E-state index contributed by atoms with van der Waals surface area (Å²) < 4.78 is 0. The molecule has 0 radical (unpaired) electrons. The van der Waals surface area contributed by atoms with Crippen LogP contribution in [0.25, 0.3) is 0 Å². The molecular weight excluding hydrogens is 328 g/mol. The maximum Gasteiger partial charge on any atom is 0.225 e. The SMILES string of the molecule is CCC(C)C(=O)N1CCCC(C(=O)NCCN2CCNCC2)C1.Cl. The predicted octanol–water partition coefficient (Wildman–Crippen LogP) is 0.714. The molecule has 2 fully saturated rings. The number of amides is 2. The number of carbonyl (C=O) groups excluding carboxylic acids is 2. The number of carbonyl (C=O) groups is 2. The van der Waals surface area contributed by atoms with Crippen molar-refractivity contribution in [1.29, 1.82) is 0 Å². The number of hydrogen-bond acceptors (Lipinski definition) is 4. The largest absolute Gasteiger partial charge is 0.355 e.